The molecule has 1 aromatic carbocycles. The summed E-state index contributed by atoms with van der Waals surface area (Å²) in [5, 5.41) is 2.56. The van der Waals surface area contributed by atoms with Crippen LogP contribution in [0.4, 0.5) is 4.39 Å². The normalized spacial score (nSPS) is 11.6. The number of nitrogens with zero attached hydrogens (tertiary/aromatic N) is 1. The van der Waals surface area contributed by atoms with Crippen molar-refractivity contribution in [1.82, 2.24) is 9.62 Å². The Labute approximate surface area is 112 Å². The van der Waals surface area contributed by atoms with Gasteiger partial charge in [0.2, 0.25) is 15.9 Å². The van der Waals surface area contributed by atoms with E-state index in [1.807, 2.05) is 6.92 Å². The minimum Gasteiger partial charge on any atom is -0.355 e. The third-order valence-electron chi connectivity index (χ3n) is 2.46. The predicted octanol–water partition coefficient (Wildman–Crippen LogP) is 0.972. The molecule has 0 atom stereocenters. The second kappa shape index (κ2) is 6.63. The highest BCUT2D eigenvalue weighted by Crippen LogP contribution is 2.17. The van der Waals surface area contributed by atoms with Crippen LogP contribution in [0.25, 0.3) is 0 Å². The molecular weight excluding hydrogens is 271 g/mol. The number of sulfonamides is 1. The third-order valence-corrected chi connectivity index (χ3v) is 4.30. The van der Waals surface area contributed by atoms with E-state index in [9.17, 15) is 17.6 Å². The zero-order chi connectivity index (χ0) is 14.5. The molecule has 1 rings (SSSR count). The number of rotatable bonds is 6. The van der Waals surface area contributed by atoms with Gasteiger partial charge in [-0.2, -0.15) is 4.31 Å². The zero-order valence-electron chi connectivity index (χ0n) is 10.9. The number of hydrogen-bond donors (Lipinski definition) is 1. The van der Waals surface area contributed by atoms with Crippen molar-refractivity contribution in [2.45, 2.75) is 18.2 Å². The molecule has 1 N–H and O–H groups in total. The maximum absolute atomic E-state index is 13.5. The number of likely N-dealkylation sites (N-methyl/N-ethyl adjacent to an activating group) is 1. The van der Waals surface area contributed by atoms with E-state index in [4.69, 9.17) is 0 Å². The molecule has 0 aliphatic carbocycles. The van der Waals surface area contributed by atoms with Gasteiger partial charge in [-0.25, -0.2) is 12.8 Å². The highest BCUT2D eigenvalue weighted by molar-refractivity contribution is 7.89. The molecule has 0 unspecified atom stereocenters. The first-order valence-electron chi connectivity index (χ1n) is 5.87. The fraction of sp³-hybridized carbons (Fsp3) is 0.417. The SMILES string of the molecule is CCCNC(=O)CN(C)S(=O)(=O)c1ccccc1F. The van der Waals surface area contributed by atoms with Crippen LogP contribution < -0.4 is 5.32 Å². The molecule has 1 aromatic rings. The number of benzene rings is 1. The highest BCUT2D eigenvalue weighted by Gasteiger charge is 2.25. The number of halogens is 1. The largest absolute Gasteiger partial charge is 0.355 e. The molecule has 0 spiro atoms. The average molecular weight is 288 g/mol. The maximum atomic E-state index is 13.5. The van der Waals surface area contributed by atoms with Gasteiger partial charge in [-0.1, -0.05) is 19.1 Å². The lowest BCUT2D eigenvalue weighted by Crippen LogP contribution is -2.38. The topological polar surface area (TPSA) is 66.5 Å². The standard InChI is InChI=1S/C12H17FN2O3S/c1-3-8-14-12(16)9-15(2)19(17,18)11-7-5-4-6-10(11)13/h4-7H,3,8-9H2,1-2H3,(H,14,16). The number of carbonyl (C=O) groups is 1. The Morgan fingerprint density at radius 1 is 1.37 bits per heavy atom. The molecule has 5 nitrogen and oxygen atoms in total. The van der Waals surface area contributed by atoms with Gasteiger partial charge in [0.1, 0.15) is 10.7 Å². The monoisotopic (exact) mass is 288 g/mol. The van der Waals surface area contributed by atoms with Crippen molar-refractivity contribution in [3.8, 4) is 0 Å². The van der Waals surface area contributed by atoms with Gasteiger partial charge in [0.05, 0.1) is 6.54 Å². The Morgan fingerprint density at radius 3 is 2.58 bits per heavy atom. The molecule has 0 radical (unpaired) electrons. The van der Waals surface area contributed by atoms with Crippen LogP contribution >= 0.6 is 0 Å². The van der Waals surface area contributed by atoms with Crippen molar-refractivity contribution in [3.63, 3.8) is 0 Å². The van der Waals surface area contributed by atoms with Crippen LogP contribution in [-0.4, -0.2) is 38.8 Å². The minimum atomic E-state index is -3.99. The summed E-state index contributed by atoms with van der Waals surface area (Å²) < 4.78 is 38.4. The van der Waals surface area contributed by atoms with E-state index in [0.717, 1.165) is 16.8 Å². The Morgan fingerprint density at radius 2 is 2.00 bits per heavy atom. The minimum absolute atomic E-state index is 0.337. The zero-order valence-corrected chi connectivity index (χ0v) is 11.7. The molecule has 0 bridgehead atoms. The molecule has 0 aliphatic heterocycles. The Hall–Kier alpha value is -1.47. The van der Waals surface area contributed by atoms with Gasteiger partial charge in [-0.3, -0.25) is 4.79 Å². The van der Waals surface area contributed by atoms with Crippen molar-refractivity contribution in [1.29, 1.82) is 0 Å². The van der Waals surface area contributed by atoms with Crippen molar-refractivity contribution < 1.29 is 17.6 Å². The van der Waals surface area contributed by atoms with Crippen molar-refractivity contribution in [2.24, 2.45) is 0 Å². The summed E-state index contributed by atoms with van der Waals surface area (Å²) in [5.41, 5.74) is 0. The first-order valence-corrected chi connectivity index (χ1v) is 7.31. The van der Waals surface area contributed by atoms with Gasteiger partial charge in [-0.15, -0.1) is 0 Å². The molecule has 106 valence electrons. The fourth-order valence-electron chi connectivity index (χ4n) is 1.43. The van der Waals surface area contributed by atoms with Crippen LogP contribution in [-0.2, 0) is 14.8 Å². The summed E-state index contributed by atoms with van der Waals surface area (Å²) in [4.78, 5) is 11.0. The first-order chi connectivity index (χ1) is 8.89. The molecule has 0 fully saturated rings. The van der Waals surface area contributed by atoms with Crippen LogP contribution in [0.2, 0.25) is 0 Å². The lowest BCUT2D eigenvalue weighted by molar-refractivity contribution is -0.121. The smallest absolute Gasteiger partial charge is 0.246 e. The van der Waals surface area contributed by atoms with E-state index in [1.165, 1.54) is 25.2 Å². The van der Waals surface area contributed by atoms with Crippen LogP contribution in [0.15, 0.2) is 29.2 Å². The van der Waals surface area contributed by atoms with E-state index in [2.05, 4.69) is 5.32 Å². The van der Waals surface area contributed by atoms with Gasteiger partial charge in [0, 0.05) is 13.6 Å². The quantitative estimate of drug-likeness (QED) is 0.848. The van der Waals surface area contributed by atoms with Gasteiger partial charge in [0.15, 0.2) is 0 Å². The van der Waals surface area contributed by atoms with Crippen LogP contribution in [0.3, 0.4) is 0 Å². The Bertz CT molecular complexity index is 546. The number of nitrogens with one attached hydrogen (secondary N) is 1. The molecular formula is C12H17FN2O3S. The van der Waals surface area contributed by atoms with Crippen LogP contribution in [0, 0.1) is 5.82 Å². The van der Waals surface area contributed by atoms with E-state index in [1.54, 1.807) is 0 Å². The lowest BCUT2D eigenvalue weighted by atomic mass is 10.4. The lowest BCUT2D eigenvalue weighted by Gasteiger charge is -2.17. The van der Waals surface area contributed by atoms with E-state index < -0.39 is 26.6 Å². The van der Waals surface area contributed by atoms with Gasteiger partial charge in [0.25, 0.3) is 0 Å². The summed E-state index contributed by atoms with van der Waals surface area (Å²) in [6, 6.07) is 5.08. The first kappa shape index (κ1) is 15.6. The Kier molecular flexibility index (Phi) is 5.44. The average Bonchev–Trinajstić information content (AvgIpc) is 2.36. The van der Waals surface area contributed by atoms with Gasteiger partial charge in [-0.05, 0) is 18.6 Å². The predicted molar refractivity (Wildman–Crippen MR) is 69.5 cm³/mol. The summed E-state index contributed by atoms with van der Waals surface area (Å²) in [7, 11) is -2.75. The maximum Gasteiger partial charge on any atom is 0.246 e. The molecule has 1 amide bonds. The summed E-state index contributed by atoms with van der Waals surface area (Å²) in [5.74, 6) is -1.24. The molecule has 19 heavy (non-hydrogen) atoms. The van der Waals surface area contributed by atoms with Crippen LogP contribution in [0.1, 0.15) is 13.3 Å². The van der Waals surface area contributed by atoms with Crippen LogP contribution in [0.5, 0.6) is 0 Å². The third kappa shape index (κ3) is 4.00. The number of carbonyl (C=O) groups excluding carboxylic acids is 1. The summed E-state index contributed by atoms with van der Waals surface area (Å²) in [6.07, 6.45) is 0.759. The van der Waals surface area contributed by atoms with E-state index in [0.29, 0.717) is 6.54 Å². The van der Waals surface area contributed by atoms with Crippen molar-refractivity contribution in [2.75, 3.05) is 20.1 Å². The summed E-state index contributed by atoms with van der Waals surface area (Å²) in [6.45, 7) is 2.03. The van der Waals surface area contributed by atoms with Gasteiger partial charge < -0.3 is 5.32 Å². The highest BCUT2D eigenvalue weighted by atomic mass is 32.2. The van der Waals surface area contributed by atoms with E-state index in [-0.39, 0.29) is 6.54 Å². The number of hydrogen-bond acceptors (Lipinski definition) is 3. The van der Waals surface area contributed by atoms with Crippen molar-refractivity contribution >= 4 is 15.9 Å². The fourth-order valence-corrected chi connectivity index (χ4v) is 2.62. The molecule has 0 aliphatic rings. The second-order valence-electron chi connectivity index (χ2n) is 4.04. The second-order valence-corrected chi connectivity index (χ2v) is 6.05. The molecule has 0 saturated carbocycles. The molecule has 0 aromatic heterocycles. The molecule has 0 heterocycles. The van der Waals surface area contributed by atoms with E-state index >= 15 is 0 Å². The van der Waals surface area contributed by atoms with Crippen molar-refractivity contribution in [3.05, 3.63) is 30.1 Å². The summed E-state index contributed by atoms with van der Waals surface area (Å²) >= 11 is 0. The Balaban J connectivity index is 2.84. The number of amides is 1. The molecule has 7 heteroatoms. The molecule has 0 saturated heterocycles. The van der Waals surface area contributed by atoms with Gasteiger partial charge >= 0.3 is 0 Å².